The summed E-state index contributed by atoms with van der Waals surface area (Å²) in [6, 6.07) is 0. The highest BCUT2D eigenvalue weighted by Gasteiger charge is 2.26. The molecule has 0 radical (unpaired) electrons. The monoisotopic (exact) mass is 321 g/mol. The van der Waals surface area contributed by atoms with E-state index in [9.17, 15) is 9.90 Å². The number of hydrogen-bond donors (Lipinski definition) is 1. The summed E-state index contributed by atoms with van der Waals surface area (Å²) in [5.74, 6) is -0.849. The molecule has 1 heterocycles. The van der Waals surface area contributed by atoms with E-state index in [-0.39, 0.29) is 0 Å². The summed E-state index contributed by atoms with van der Waals surface area (Å²) >= 11 is 0. The summed E-state index contributed by atoms with van der Waals surface area (Å²) < 4.78 is 0. The maximum atomic E-state index is 11.2. The fraction of sp³-hybridized carbons (Fsp3) is 0.800. The van der Waals surface area contributed by atoms with Crippen molar-refractivity contribution in [2.24, 2.45) is 4.99 Å². The second-order valence-corrected chi connectivity index (χ2v) is 6.73. The van der Waals surface area contributed by atoms with Gasteiger partial charge in [-0.3, -0.25) is 0 Å². The van der Waals surface area contributed by atoms with Crippen LogP contribution in [0.5, 0.6) is 0 Å². The minimum atomic E-state index is -0.849. The summed E-state index contributed by atoms with van der Waals surface area (Å²) in [5.41, 5.74) is 2.45. The number of aliphatic imine (C=N–C) groups is 1. The molecule has 0 unspecified atom stereocenters. The lowest BCUT2D eigenvalue weighted by molar-refractivity contribution is -0.129. The van der Waals surface area contributed by atoms with Crippen LogP contribution in [0.4, 0.5) is 0 Å². The van der Waals surface area contributed by atoms with Gasteiger partial charge in [-0.1, -0.05) is 78.1 Å². The van der Waals surface area contributed by atoms with Gasteiger partial charge in [0.25, 0.3) is 0 Å². The summed E-state index contributed by atoms with van der Waals surface area (Å²) in [6.07, 6.45) is 17.0. The Morgan fingerprint density at radius 1 is 0.783 bits per heavy atom. The Labute approximate surface area is 142 Å². The molecule has 3 nitrogen and oxygen atoms in total. The van der Waals surface area contributed by atoms with E-state index in [1.807, 2.05) is 0 Å². The molecular formula is C20H35NO2. The van der Waals surface area contributed by atoms with E-state index in [1.165, 1.54) is 64.2 Å². The highest BCUT2D eigenvalue weighted by Crippen LogP contribution is 2.29. The van der Waals surface area contributed by atoms with Crippen molar-refractivity contribution in [3.8, 4) is 0 Å². The Balaban J connectivity index is 2.26. The molecule has 0 aromatic rings. The Bertz CT molecular complexity index is 410. The van der Waals surface area contributed by atoms with Gasteiger partial charge in [0.2, 0.25) is 0 Å². The van der Waals surface area contributed by atoms with Crippen LogP contribution in [0.25, 0.3) is 0 Å². The number of carboxylic acid groups (broad SMARTS) is 1. The molecule has 1 aliphatic heterocycles. The fourth-order valence-corrected chi connectivity index (χ4v) is 3.15. The fourth-order valence-electron chi connectivity index (χ4n) is 3.15. The topological polar surface area (TPSA) is 49.7 Å². The molecular weight excluding hydrogens is 286 g/mol. The molecule has 0 aliphatic carbocycles. The molecule has 0 saturated carbocycles. The van der Waals surface area contributed by atoms with Crippen LogP contribution in [0, 0.1) is 0 Å². The van der Waals surface area contributed by atoms with Crippen LogP contribution < -0.4 is 0 Å². The van der Waals surface area contributed by atoms with Crippen LogP contribution in [0.15, 0.2) is 16.3 Å². The van der Waals surface area contributed by atoms with E-state index in [4.69, 9.17) is 0 Å². The van der Waals surface area contributed by atoms with Crippen LogP contribution in [0.3, 0.4) is 0 Å². The molecule has 23 heavy (non-hydrogen) atoms. The quantitative estimate of drug-likeness (QED) is 0.361. The highest BCUT2D eigenvalue weighted by molar-refractivity contribution is 6.45. The summed E-state index contributed by atoms with van der Waals surface area (Å²) in [5, 5.41) is 9.20. The molecule has 0 fully saturated rings. The third kappa shape index (κ3) is 7.81. The largest absolute Gasteiger partial charge is 0.477 e. The lowest BCUT2D eigenvalue weighted by atomic mass is 9.93. The molecule has 3 heteroatoms. The average molecular weight is 322 g/mol. The standard InChI is InChI=1S/C20H35NO2/c1-3-5-7-9-11-13-15-17-18(21-19(17)20(22)23)16-14-12-10-8-6-4-2/h3-16H2,1-2H3,(H,22,23). The number of unbranched alkanes of at least 4 members (excludes halogenated alkanes) is 10. The molecule has 0 saturated heterocycles. The molecule has 1 aliphatic rings. The first-order valence-corrected chi connectivity index (χ1v) is 9.75. The van der Waals surface area contributed by atoms with Crippen molar-refractivity contribution in [3.63, 3.8) is 0 Å². The molecule has 0 aromatic heterocycles. The van der Waals surface area contributed by atoms with E-state index >= 15 is 0 Å². The zero-order valence-corrected chi connectivity index (χ0v) is 15.2. The van der Waals surface area contributed by atoms with E-state index in [0.717, 1.165) is 37.0 Å². The van der Waals surface area contributed by atoms with Gasteiger partial charge >= 0.3 is 5.97 Å². The SMILES string of the molecule is CCCCCCCCC1=C(CCCCCCCC)C(C(=O)O)=N1. The van der Waals surface area contributed by atoms with Crippen molar-refractivity contribution in [3.05, 3.63) is 11.3 Å². The number of allylic oxidation sites excluding steroid dienone is 1. The summed E-state index contributed by atoms with van der Waals surface area (Å²) in [7, 11) is 0. The van der Waals surface area contributed by atoms with Crippen molar-refractivity contribution >= 4 is 11.7 Å². The average Bonchev–Trinajstić information content (AvgIpc) is 2.51. The van der Waals surface area contributed by atoms with Crippen molar-refractivity contribution in [2.45, 2.75) is 104 Å². The number of rotatable bonds is 15. The normalized spacial score (nSPS) is 13.9. The second kappa shape index (κ2) is 12.3. The van der Waals surface area contributed by atoms with E-state index in [0.29, 0.717) is 5.71 Å². The van der Waals surface area contributed by atoms with Gasteiger partial charge in [-0.2, -0.15) is 0 Å². The van der Waals surface area contributed by atoms with Gasteiger partial charge in [-0.05, 0) is 25.7 Å². The Kier molecular flexibility index (Phi) is 10.7. The third-order valence-corrected chi connectivity index (χ3v) is 4.63. The first-order valence-electron chi connectivity index (χ1n) is 9.75. The molecule has 0 aromatic carbocycles. The van der Waals surface area contributed by atoms with Crippen molar-refractivity contribution < 1.29 is 9.90 Å². The van der Waals surface area contributed by atoms with Gasteiger partial charge in [0.05, 0.1) is 0 Å². The maximum Gasteiger partial charge on any atom is 0.354 e. The second-order valence-electron chi connectivity index (χ2n) is 6.73. The summed E-state index contributed by atoms with van der Waals surface area (Å²) in [6.45, 7) is 4.46. The Hall–Kier alpha value is -1.12. The molecule has 0 spiro atoms. The van der Waals surface area contributed by atoms with Gasteiger partial charge < -0.3 is 5.11 Å². The highest BCUT2D eigenvalue weighted by atomic mass is 16.4. The van der Waals surface area contributed by atoms with Gasteiger partial charge in [0.1, 0.15) is 0 Å². The number of hydrogen-bond acceptors (Lipinski definition) is 2. The first kappa shape index (κ1) is 19.9. The van der Waals surface area contributed by atoms with Crippen molar-refractivity contribution in [1.29, 1.82) is 0 Å². The first-order chi connectivity index (χ1) is 11.2. The number of carboxylic acids is 1. The number of aliphatic carboxylic acids is 1. The van der Waals surface area contributed by atoms with Crippen molar-refractivity contribution in [1.82, 2.24) is 0 Å². The molecule has 1 rings (SSSR count). The predicted octanol–water partition coefficient (Wildman–Crippen LogP) is 6.28. The summed E-state index contributed by atoms with van der Waals surface area (Å²) in [4.78, 5) is 15.5. The maximum absolute atomic E-state index is 11.2. The Morgan fingerprint density at radius 2 is 1.26 bits per heavy atom. The molecule has 0 atom stereocenters. The minimum absolute atomic E-state index is 0.333. The van der Waals surface area contributed by atoms with Crippen LogP contribution in [-0.4, -0.2) is 16.8 Å². The smallest absolute Gasteiger partial charge is 0.354 e. The third-order valence-electron chi connectivity index (χ3n) is 4.63. The van der Waals surface area contributed by atoms with E-state index in [1.54, 1.807) is 0 Å². The van der Waals surface area contributed by atoms with Gasteiger partial charge in [0.15, 0.2) is 5.71 Å². The Morgan fingerprint density at radius 3 is 1.78 bits per heavy atom. The van der Waals surface area contributed by atoms with Gasteiger partial charge in [0, 0.05) is 11.3 Å². The van der Waals surface area contributed by atoms with E-state index in [2.05, 4.69) is 18.8 Å². The molecule has 0 bridgehead atoms. The molecule has 132 valence electrons. The molecule has 0 amide bonds. The molecule has 1 N–H and O–H groups in total. The van der Waals surface area contributed by atoms with Crippen LogP contribution >= 0.6 is 0 Å². The number of carbonyl (C=O) groups is 1. The van der Waals surface area contributed by atoms with Crippen LogP contribution in [-0.2, 0) is 4.79 Å². The lowest BCUT2D eigenvalue weighted by Crippen LogP contribution is -2.24. The van der Waals surface area contributed by atoms with E-state index < -0.39 is 5.97 Å². The minimum Gasteiger partial charge on any atom is -0.477 e. The zero-order chi connectivity index (χ0) is 16.9. The predicted molar refractivity (Wildman–Crippen MR) is 98.1 cm³/mol. The zero-order valence-electron chi connectivity index (χ0n) is 15.2. The lowest BCUT2D eigenvalue weighted by Gasteiger charge is -2.20. The number of nitrogens with zero attached hydrogens (tertiary/aromatic N) is 1. The van der Waals surface area contributed by atoms with Crippen molar-refractivity contribution in [2.75, 3.05) is 0 Å². The van der Waals surface area contributed by atoms with Crippen LogP contribution in [0.2, 0.25) is 0 Å². The van der Waals surface area contributed by atoms with Gasteiger partial charge in [-0.25, -0.2) is 9.79 Å². The van der Waals surface area contributed by atoms with Crippen LogP contribution in [0.1, 0.15) is 104 Å². The van der Waals surface area contributed by atoms with Gasteiger partial charge in [-0.15, -0.1) is 0 Å².